The monoisotopic (exact) mass is 475 g/mol. The summed E-state index contributed by atoms with van der Waals surface area (Å²) in [5, 5.41) is 4.88. The Morgan fingerprint density at radius 1 is 1.36 bits per heavy atom. The Bertz CT molecular complexity index is 484. The van der Waals surface area contributed by atoms with Gasteiger partial charge in [0.25, 0.3) is 0 Å². The third-order valence-electron chi connectivity index (χ3n) is 3.32. The predicted octanol–water partition coefficient (Wildman–Crippen LogP) is 1.79. The molecule has 1 aliphatic heterocycles. The van der Waals surface area contributed by atoms with Gasteiger partial charge in [0.05, 0.1) is 6.04 Å². The van der Waals surface area contributed by atoms with Gasteiger partial charge in [-0.25, -0.2) is 0 Å². The second kappa shape index (κ2) is 10.5. The van der Waals surface area contributed by atoms with Crippen molar-refractivity contribution < 1.29 is 35.4 Å². The van der Waals surface area contributed by atoms with Crippen molar-refractivity contribution in [1.29, 1.82) is 0 Å². The molecule has 3 amide bonds. The SMILES string of the molecule is CC.CCC1=[C-]C(C(=O)NC2CCC(=O)NC2=O)=CCC1.[W]. The van der Waals surface area contributed by atoms with Crippen molar-refractivity contribution >= 4 is 17.7 Å². The first-order valence-corrected chi connectivity index (χ1v) is 7.56. The molecule has 1 aliphatic carbocycles. The van der Waals surface area contributed by atoms with Crippen LogP contribution in [0, 0.1) is 6.08 Å². The first-order chi connectivity index (χ1) is 10.1. The summed E-state index contributed by atoms with van der Waals surface area (Å²) in [6.07, 6.45) is 8.17. The number of piperidine rings is 1. The van der Waals surface area contributed by atoms with Crippen molar-refractivity contribution in [1.82, 2.24) is 10.6 Å². The van der Waals surface area contributed by atoms with Crippen LogP contribution in [0.5, 0.6) is 0 Å². The quantitative estimate of drug-likeness (QED) is 0.483. The van der Waals surface area contributed by atoms with Crippen LogP contribution in [0.15, 0.2) is 17.2 Å². The number of amides is 3. The number of hydrogen-bond donors (Lipinski definition) is 2. The van der Waals surface area contributed by atoms with Crippen LogP contribution in [-0.2, 0) is 35.4 Å². The van der Waals surface area contributed by atoms with Crippen LogP contribution in [0.4, 0.5) is 0 Å². The zero-order chi connectivity index (χ0) is 15.8. The van der Waals surface area contributed by atoms with Crippen LogP contribution in [0.2, 0.25) is 0 Å². The van der Waals surface area contributed by atoms with Crippen molar-refractivity contribution in [2.75, 3.05) is 0 Å². The number of rotatable bonds is 3. The summed E-state index contributed by atoms with van der Waals surface area (Å²) in [6.45, 7) is 6.03. The Morgan fingerprint density at radius 2 is 2.05 bits per heavy atom. The molecule has 1 heterocycles. The van der Waals surface area contributed by atoms with Crippen molar-refractivity contribution in [2.45, 2.75) is 58.9 Å². The minimum absolute atomic E-state index is 0. The molecular weight excluding hydrogens is 452 g/mol. The molecule has 2 rings (SSSR count). The van der Waals surface area contributed by atoms with Crippen molar-refractivity contribution in [2.24, 2.45) is 0 Å². The number of carbonyl (C=O) groups is 3. The average molecular weight is 475 g/mol. The topological polar surface area (TPSA) is 75.3 Å². The first-order valence-electron chi connectivity index (χ1n) is 7.56. The molecule has 6 heteroatoms. The van der Waals surface area contributed by atoms with E-state index in [1.54, 1.807) is 0 Å². The first kappa shape index (κ1) is 20.8. The predicted molar refractivity (Wildman–Crippen MR) is 80.0 cm³/mol. The number of carbonyl (C=O) groups excluding carboxylic acids is 3. The van der Waals surface area contributed by atoms with Gasteiger partial charge in [0.2, 0.25) is 11.8 Å². The average Bonchev–Trinajstić information content (AvgIpc) is 2.52. The molecule has 1 fully saturated rings. The maximum absolute atomic E-state index is 12.0. The molecule has 22 heavy (non-hydrogen) atoms. The molecule has 0 radical (unpaired) electrons. The molecular formula is C16H23N2O3W-. The Morgan fingerprint density at radius 3 is 2.64 bits per heavy atom. The van der Waals surface area contributed by atoms with E-state index in [1.807, 2.05) is 26.8 Å². The third kappa shape index (κ3) is 5.88. The summed E-state index contributed by atoms with van der Waals surface area (Å²) < 4.78 is 0. The second-order valence-electron chi connectivity index (χ2n) is 4.72. The number of nitrogens with one attached hydrogen (secondary N) is 2. The summed E-state index contributed by atoms with van der Waals surface area (Å²) in [5.74, 6) is -1.01. The van der Waals surface area contributed by atoms with Crippen molar-refractivity contribution in [3.63, 3.8) is 0 Å². The molecule has 2 N–H and O–H groups in total. The van der Waals surface area contributed by atoms with Crippen molar-refractivity contribution in [3.05, 3.63) is 23.3 Å². The Kier molecular flexibility index (Phi) is 9.91. The van der Waals surface area contributed by atoms with Crippen LogP contribution < -0.4 is 10.6 Å². The van der Waals surface area contributed by atoms with E-state index < -0.39 is 11.9 Å². The molecule has 0 saturated carbocycles. The zero-order valence-electron chi connectivity index (χ0n) is 13.3. The molecule has 122 valence electrons. The van der Waals surface area contributed by atoms with E-state index in [9.17, 15) is 14.4 Å². The molecule has 1 saturated heterocycles. The summed E-state index contributed by atoms with van der Waals surface area (Å²) in [5.41, 5.74) is 1.61. The van der Waals surface area contributed by atoms with Crippen LogP contribution in [0.25, 0.3) is 0 Å². The standard InChI is InChI=1S/C14H17N2O3.C2H6.W/c1-2-9-4-3-5-10(8-9)13(18)15-11-6-7-12(17)16-14(11)19;1-2;/h5,11H,2-4,6-7H2,1H3,(H,15,18)(H,16,17,19);1-2H3;/q-1;;. The van der Waals surface area contributed by atoms with Gasteiger partial charge in [0, 0.05) is 27.5 Å². The van der Waals surface area contributed by atoms with E-state index >= 15 is 0 Å². The van der Waals surface area contributed by atoms with E-state index in [4.69, 9.17) is 0 Å². The number of hydrogen-bond acceptors (Lipinski definition) is 3. The summed E-state index contributed by atoms with van der Waals surface area (Å²) >= 11 is 0. The van der Waals surface area contributed by atoms with E-state index in [2.05, 4.69) is 16.7 Å². The molecule has 0 aromatic carbocycles. The maximum atomic E-state index is 12.0. The minimum atomic E-state index is -0.625. The molecule has 0 spiro atoms. The summed E-state index contributed by atoms with van der Waals surface area (Å²) in [6, 6.07) is -0.625. The molecule has 5 nitrogen and oxygen atoms in total. The Balaban J connectivity index is 0.00000141. The Hall–Kier alpha value is -1.22. The van der Waals surface area contributed by atoms with Crippen LogP contribution in [0.3, 0.4) is 0 Å². The fourth-order valence-electron chi connectivity index (χ4n) is 2.18. The van der Waals surface area contributed by atoms with Gasteiger partial charge in [0.1, 0.15) is 5.91 Å². The van der Waals surface area contributed by atoms with Gasteiger partial charge < -0.3 is 10.1 Å². The molecule has 0 bridgehead atoms. The van der Waals surface area contributed by atoms with Gasteiger partial charge in [-0.3, -0.25) is 14.9 Å². The Labute approximate surface area is 146 Å². The fraction of sp³-hybridized carbons (Fsp3) is 0.562. The van der Waals surface area contributed by atoms with E-state index in [0.29, 0.717) is 12.0 Å². The minimum Gasteiger partial charge on any atom is -0.394 e. The van der Waals surface area contributed by atoms with Crippen molar-refractivity contribution in [3.8, 4) is 0 Å². The van der Waals surface area contributed by atoms with Gasteiger partial charge in [-0.1, -0.05) is 33.6 Å². The van der Waals surface area contributed by atoms with Crippen LogP contribution in [0.1, 0.15) is 52.9 Å². The van der Waals surface area contributed by atoms with Gasteiger partial charge >= 0.3 is 0 Å². The molecule has 1 unspecified atom stereocenters. The van der Waals surface area contributed by atoms with Gasteiger partial charge in [-0.2, -0.15) is 12.2 Å². The third-order valence-corrected chi connectivity index (χ3v) is 3.32. The largest absolute Gasteiger partial charge is 0.394 e. The molecule has 0 aromatic rings. The zero-order valence-corrected chi connectivity index (χ0v) is 16.3. The summed E-state index contributed by atoms with van der Waals surface area (Å²) in [4.78, 5) is 34.6. The van der Waals surface area contributed by atoms with Crippen LogP contribution in [-0.4, -0.2) is 23.8 Å². The van der Waals surface area contributed by atoms with E-state index in [1.165, 1.54) is 0 Å². The maximum Gasteiger partial charge on any atom is 0.248 e. The normalized spacial score (nSPS) is 20.4. The smallest absolute Gasteiger partial charge is 0.248 e. The van der Waals surface area contributed by atoms with E-state index in [0.717, 1.165) is 24.8 Å². The fourth-order valence-corrected chi connectivity index (χ4v) is 2.18. The van der Waals surface area contributed by atoms with E-state index in [-0.39, 0.29) is 39.3 Å². The van der Waals surface area contributed by atoms with Gasteiger partial charge in [-0.05, 0) is 12.8 Å². The second-order valence-corrected chi connectivity index (χ2v) is 4.72. The molecule has 0 aromatic heterocycles. The molecule has 2 aliphatic rings. The molecule has 1 atom stereocenters. The van der Waals surface area contributed by atoms with Gasteiger partial charge in [0.15, 0.2) is 0 Å². The number of allylic oxidation sites excluding steroid dienone is 2. The van der Waals surface area contributed by atoms with Crippen LogP contribution >= 0.6 is 0 Å². The number of imide groups is 1. The summed E-state index contributed by atoms with van der Waals surface area (Å²) in [7, 11) is 0. The van der Waals surface area contributed by atoms with Gasteiger partial charge in [-0.15, -0.1) is 11.1 Å².